The third-order valence-corrected chi connectivity index (χ3v) is 6.23. The van der Waals surface area contributed by atoms with Crippen LogP contribution in [0.5, 0.6) is 11.5 Å². The zero-order valence-corrected chi connectivity index (χ0v) is 18.7. The molecule has 2 amide bonds. The van der Waals surface area contributed by atoms with Gasteiger partial charge in [0.1, 0.15) is 17.3 Å². The summed E-state index contributed by atoms with van der Waals surface area (Å²) in [5, 5.41) is 6.61. The standard InChI is InChI=1S/C23H23Cl2FN2O4/c24-14-1-8-20-13(9-14)10-21(32-20)23(30)28-16-4-2-15(3-5-16)27-22(29)12-31-17-6-7-18(25)19(26)11-17/h1,6-9,11,15-16,21H,2-5,10,12H2,(H,27,29)(H,28,30)/t15-,16-,21?. The van der Waals surface area contributed by atoms with Crippen molar-refractivity contribution in [2.75, 3.05) is 6.61 Å². The highest BCUT2D eigenvalue weighted by Crippen LogP contribution is 2.31. The van der Waals surface area contributed by atoms with E-state index in [0.29, 0.717) is 17.2 Å². The first-order valence-corrected chi connectivity index (χ1v) is 11.3. The van der Waals surface area contributed by atoms with Crippen molar-refractivity contribution in [3.63, 3.8) is 0 Å². The minimum absolute atomic E-state index is 0.000851. The number of fused-ring (bicyclic) bond motifs is 1. The Kier molecular flexibility index (Phi) is 7.06. The fraction of sp³-hybridized carbons (Fsp3) is 0.391. The Bertz CT molecular complexity index is 1010. The number of hydrogen-bond acceptors (Lipinski definition) is 4. The third-order valence-electron chi connectivity index (χ3n) is 5.69. The average molecular weight is 481 g/mol. The molecule has 170 valence electrons. The molecule has 0 aromatic heterocycles. The third kappa shape index (κ3) is 5.64. The van der Waals surface area contributed by atoms with Crippen LogP contribution in [0.1, 0.15) is 31.2 Å². The number of nitrogens with one attached hydrogen (secondary N) is 2. The number of carbonyl (C=O) groups is 2. The maximum atomic E-state index is 13.4. The molecule has 1 atom stereocenters. The second-order valence-electron chi connectivity index (χ2n) is 8.05. The van der Waals surface area contributed by atoms with Crippen molar-refractivity contribution in [1.29, 1.82) is 0 Å². The Morgan fingerprint density at radius 2 is 1.75 bits per heavy atom. The van der Waals surface area contributed by atoms with E-state index < -0.39 is 11.9 Å². The summed E-state index contributed by atoms with van der Waals surface area (Å²) < 4.78 is 24.5. The summed E-state index contributed by atoms with van der Waals surface area (Å²) in [5.74, 6) is -0.0609. The number of hydrogen-bond donors (Lipinski definition) is 2. The van der Waals surface area contributed by atoms with Crippen molar-refractivity contribution in [3.8, 4) is 11.5 Å². The lowest BCUT2D eigenvalue weighted by molar-refractivity contribution is -0.128. The van der Waals surface area contributed by atoms with E-state index in [1.54, 1.807) is 12.1 Å². The lowest BCUT2D eigenvalue weighted by Gasteiger charge is -2.30. The van der Waals surface area contributed by atoms with Gasteiger partial charge >= 0.3 is 0 Å². The van der Waals surface area contributed by atoms with E-state index in [4.69, 9.17) is 32.7 Å². The summed E-state index contributed by atoms with van der Waals surface area (Å²) in [6.45, 7) is -0.207. The van der Waals surface area contributed by atoms with Crippen LogP contribution in [0.15, 0.2) is 36.4 Å². The van der Waals surface area contributed by atoms with Crippen molar-refractivity contribution in [2.45, 2.75) is 50.3 Å². The minimum atomic E-state index is -0.597. The Morgan fingerprint density at radius 3 is 2.47 bits per heavy atom. The SMILES string of the molecule is O=C(COc1ccc(Cl)c(F)c1)N[C@H]1CC[C@H](NC(=O)C2Cc3cc(Cl)ccc3O2)CC1. The van der Waals surface area contributed by atoms with E-state index >= 15 is 0 Å². The van der Waals surface area contributed by atoms with Gasteiger partial charge in [0.05, 0.1) is 5.02 Å². The quantitative estimate of drug-likeness (QED) is 0.653. The molecule has 1 heterocycles. The van der Waals surface area contributed by atoms with Gasteiger partial charge in [-0.2, -0.15) is 0 Å². The summed E-state index contributed by atoms with van der Waals surface area (Å²) in [5.41, 5.74) is 0.938. The van der Waals surface area contributed by atoms with E-state index in [1.165, 1.54) is 12.1 Å². The van der Waals surface area contributed by atoms with Gasteiger partial charge in [-0.1, -0.05) is 23.2 Å². The number of carbonyl (C=O) groups excluding carboxylic acids is 2. The van der Waals surface area contributed by atoms with E-state index in [2.05, 4.69) is 10.6 Å². The molecule has 1 saturated carbocycles. The summed E-state index contributed by atoms with van der Waals surface area (Å²) >= 11 is 11.6. The lowest BCUT2D eigenvalue weighted by Crippen LogP contribution is -2.47. The molecular weight excluding hydrogens is 458 g/mol. The second kappa shape index (κ2) is 9.96. The predicted molar refractivity (Wildman–Crippen MR) is 119 cm³/mol. The molecule has 0 radical (unpaired) electrons. The molecule has 2 N–H and O–H groups in total. The molecule has 1 unspecified atom stereocenters. The first kappa shape index (κ1) is 22.7. The molecule has 0 bridgehead atoms. The van der Waals surface area contributed by atoms with Gasteiger partial charge in [0.15, 0.2) is 12.7 Å². The molecule has 1 fully saturated rings. The van der Waals surface area contributed by atoms with E-state index in [9.17, 15) is 14.0 Å². The van der Waals surface area contributed by atoms with Crippen LogP contribution in [0.25, 0.3) is 0 Å². The predicted octanol–water partition coefficient (Wildman–Crippen LogP) is 4.06. The lowest BCUT2D eigenvalue weighted by atomic mass is 9.91. The summed E-state index contributed by atoms with van der Waals surface area (Å²) in [4.78, 5) is 24.8. The van der Waals surface area contributed by atoms with E-state index in [1.807, 2.05) is 6.07 Å². The number of ether oxygens (including phenoxy) is 2. The van der Waals surface area contributed by atoms with Crippen molar-refractivity contribution < 1.29 is 23.5 Å². The molecule has 9 heteroatoms. The van der Waals surface area contributed by atoms with Crippen LogP contribution in [0, 0.1) is 5.82 Å². The van der Waals surface area contributed by atoms with Crippen LogP contribution < -0.4 is 20.1 Å². The average Bonchev–Trinajstić information content (AvgIpc) is 3.19. The monoisotopic (exact) mass is 480 g/mol. The molecule has 2 aromatic rings. The van der Waals surface area contributed by atoms with Gasteiger partial charge in [-0.3, -0.25) is 9.59 Å². The Balaban J connectivity index is 1.17. The van der Waals surface area contributed by atoms with Crippen molar-refractivity contribution in [2.24, 2.45) is 0 Å². The smallest absolute Gasteiger partial charge is 0.261 e. The first-order chi connectivity index (χ1) is 15.4. The maximum Gasteiger partial charge on any atom is 0.261 e. The highest BCUT2D eigenvalue weighted by atomic mass is 35.5. The van der Waals surface area contributed by atoms with Gasteiger partial charge in [-0.15, -0.1) is 0 Å². The van der Waals surface area contributed by atoms with Crippen LogP contribution in [0.4, 0.5) is 4.39 Å². The molecular formula is C23H23Cl2FN2O4. The van der Waals surface area contributed by atoms with Crippen LogP contribution in [0.2, 0.25) is 10.0 Å². The minimum Gasteiger partial charge on any atom is -0.484 e. The summed E-state index contributed by atoms with van der Waals surface area (Å²) in [7, 11) is 0. The molecule has 4 rings (SSSR count). The topological polar surface area (TPSA) is 76.7 Å². The largest absolute Gasteiger partial charge is 0.484 e. The Hall–Kier alpha value is -2.51. The Labute approximate surface area is 195 Å². The molecule has 0 spiro atoms. The van der Waals surface area contributed by atoms with Crippen molar-refractivity contribution in [1.82, 2.24) is 10.6 Å². The zero-order valence-electron chi connectivity index (χ0n) is 17.2. The van der Waals surface area contributed by atoms with Crippen LogP contribution >= 0.6 is 23.2 Å². The highest BCUT2D eigenvalue weighted by molar-refractivity contribution is 6.31. The molecule has 2 aliphatic rings. The molecule has 1 aliphatic carbocycles. The molecule has 0 saturated heterocycles. The summed E-state index contributed by atoms with van der Waals surface area (Å²) in [6, 6.07) is 9.43. The van der Waals surface area contributed by atoms with Crippen LogP contribution in [-0.2, 0) is 16.0 Å². The maximum absolute atomic E-state index is 13.4. The number of halogens is 3. The van der Waals surface area contributed by atoms with E-state index in [0.717, 1.165) is 37.3 Å². The molecule has 1 aliphatic heterocycles. The van der Waals surface area contributed by atoms with Gasteiger partial charge in [-0.05, 0) is 61.6 Å². The van der Waals surface area contributed by atoms with Crippen molar-refractivity contribution >= 4 is 35.0 Å². The van der Waals surface area contributed by atoms with Gasteiger partial charge in [0.2, 0.25) is 0 Å². The molecule has 6 nitrogen and oxygen atoms in total. The van der Waals surface area contributed by atoms with Crippen LogP contribution in [0.3, 0.4) is 0 Å². The second-order valence-corrected chi connectivity index (χ2v) is 8.90. The first-order valence-electron chi connectivity index (χ1n) is 10.5. The van der Waals surface area contributed by atoms with Gasteiger partial charge in [0, 0.05) is 29.6 Å². The number of rotatable bonds is 6. The number of amides is 2. The van der Waals surface area contributed by atoms with Gasteiger partial charge < -0.3 is 20.1 Å². The fourth-order valence-electron chi connectivity index (χ4n) is 4.02. The van der Waals surface area contributed by atoms with Gasteiger partial charge in [0.25, 0.3) is 11.8 Å². The van der Waals surface area contributed by atoms with Gasteiger partial charge in [-0.25, -0.2) is 4.39 Å². The summed E-state index contributed by atoms with van der Waals surface area (Å²) in [6.07, 6.45) is 2.96. The number of benzene rings is 2. The fourth-order valence-corrected chi connectivity index (χ4v) is 4.34. The zero-order chi connectivity index (χ0) is 22.7. The van der Waals surface area contributed by atoms with E-state index in [-0.39, 0.29) is 41.3 Å². The van der Waals surface area contributed by atoms with Crippen LogP contribution in [-0.4, -0.2) is 36.6 Å². The van der Waals surface area contributed by atoms with Crippen molar-refractivity contribution in [3.05, 3.63) is 57.8 Å². The normalized spacial score (nSPS) is 21.9. The molecule has 2 aromatic carbocycles. The molecule has 32 heavy (non-hydrogen) atoms. The Morgan fingerprint density at radius 1 is 1.03 bits per heavy atom. The highest BCUT2D eigenvalue weighted by Gasteiger charge is 2.31.